The van der Waals surface area contributed by atoms with Crippen LogP contribution in [0.25, 0.3) is 22.5 Å². The van der Waals surface area contributed by atoms with Crippen LogP contribution in [-0.4, -0.2) is 48.8 Å². The van der Waals surface area contributed by atoms with Crippen LogP contribution in [-0.2, 0) is 13.2 Å². The fourth-order valence-electron chi connectivity index (χ4n) is 4.27. The third-order valence-electron chi connectivity index (χ3n) is 6.53. The summed E-state index contributed by atoms with van der Waals surface area (Å²) in [4.78, 5) is 17.4. The molecule has 0 aliphatic carbocycles. The average molecular weight is 523 g/mol. The molecule has 0 saturated carbocycles. The van der Waals surface area contributed by atoms with E-state index in [0.717, 1.165) is 29.0 Å². The highest BCUT2D eigenvalue weighted by Gasteiger charge is 2.32. The van der Waals surface area contributed by atoms with E-state index in [1.54, 1.807) is 36.1 Å². The molecule has 4 heterocycles. The third-order valence-corrected chi connectivity index (χ3v) is 6.53. The number of rotatable bonds is 5. The van der Waals surface area contributed by atoms with E-state index < -0.39 is 17.6 Å². The Bertz CT molecular complexity index is 1550. The minimum atomic E-state index is -4.56. The van der Waals surface area contributed by atoms with E-state index in [2.05, 4.69) is 31.0 Å². The Kier molecular flexibility index (Phi) is 6.57. The first-order chi connectivity index (χ1) is 18.1. The highest BCUT2D eigenvalue weighted by molar-refractivity contribution is 6.04. The van der Waals surface area contributed by atoms with Crippen molar-refractivity contribution in [2.45, 2.75) is 26.4 Å². The second kappa shape index (κ2) is 9.86. The lowest BCUT2D eigenvalue weighted by atomic mass is 9.97. The maximum atomic E-state index is 13.6. The molecule has 196 valence electrons. The zero-order valence-corrected chi connectivity index (χ0v) is 21.0. The molecule has 12 heteroatoms. The number of hydrogen-bond donors (Lipinski definition) is 2. The quantitative estimate of drug-likeness (QED) is 0.405. The molecule has 5 rings (SSSR count). The van der Waals surface area contributed by atoms with Gasteiger partial charge < -0.3 is 10.6 Å². The van der Waals surface area contributed by atoms with Crippen molar-refractivity contribution in [1.29, 1.82) is 0 Å². The lowest BCUT2D eigenvalue weighted by Crippen LogP contribution is -2.20. The number of carbonyl (C=O) groups excluding carboxylic acids is 1. The summed E-state index contributed by atoms with van der Waals surface area (Å²) in [6.45, 7) is 4.93. The van der Waals surface area contributed by atoms with Gasteiger partial charge in [0.2, 0.25) is 0 Å². The summed E-state index contributed by atoms with van der Waals surface area (Å²) in [7, 11) is 1.83. The van der Waals surface area contributed by atoms with E-state index in [1.807, 2.05) is 20.0 Å². The fraction of sp³-hybridized carbons (Fsp3) is 0.269. The van der Waals surface area contributed by atoms with Crippen molar-refractivity contribution in [3.63, 3.8) is 0 Å². The number of halogens is 3. The summed E-state index contributed by atoms with van der Waals surface area (Å²) in [5, 5.41) is 18.4. The van der Waals surface area contributed by atoms with Gasteiger partial charge in [-0.2, -0.15) is 18.3 Å². The summed E-state index contributed by atoms with van der Waals surface area (Å²) in [5.74, 6) is -0.591. The molecule has 0 unspecified atom stereocenters. The van der Waals surface area contributed by atoms with Crippen molar-refractivity contribution in [1.82, 2.24) is 35.1 Å². The first-order valence-corrected chi connectivity index (χ1v) is 11.9. The number of anilines is 1. The molecule has 9 nitrogen and oxygen atoms in total. The molecule has 0 spiro atoms. The van der Waals surface area contributed by atoms with Gasteiger partial charge in [0.25, 0.3) is 5.91 Å². The molecule has 2 N–H and O–H groups in total. The molecule has 1 aliphatic heterocycles. The van der Waals surface area contributed by atoms with Crippen LogP contribution >= 0.6 is 0 Å². The molecule has 4 aromatic rings. The summed E-state index contributed by atoms with van der Waals surface area (Å²) in [6.07, 6.45) is 2.68. The number of nitrogens with one attached hydrogen (secondary N) is 2. The SMILES string of the molecule is Cc1ncc(C(=O)Nc2cc(C3=CCNCC3)cc(C(F)(F)F)c2)cc1-n1cc(-c2cnn(C)c2C)nn1. The Morgan fingerprint density at radius 1 is 1.13 bits per heavy atom. The third kappa shape index (κ3) is 5.07. The van der Waals surface area contributed by atoms with E-state index in [0.29, 0.717) is 42.1 Å². The van der Waals surface area contributed by atoms with Crippen LogP contribution in [0.5, 0.6) is 0 Å². The maximum Gasteiger partial charge on any atom is 0.416 e. The molecule has 0 fully saturated rings. The monoisotopic (exact) mass is 522 g/mol. The standard InChI is InChI=1S/C26H25F3N8O/c1-15-24(37-14-23(34-35-37)22-13-32-36(3)16(22)2)10-19(12-31-15)25(38)33-21-9-18(17-4-6-30-7-5-17)8-20(11-21)26(27,28)29/h4,8-14,30H,5-7H2,1-3H3,(H,33,38). The predicted molar refractivity (Wildman–Crippen MR) is 136 cm³/mol. The number of aromatic nitrogens is 6. The van der Waals surface area contributed by atoms with Crippen molar-refractivity contribution >= 4 is 17.2 Å². The Labute approximate surface area is 216 Å². The lowest BCUT2D eigenvalue weighted by Gasteiger charge is -2.18. The lowest BCUT2D eigenvalue weighted by molar-refractivity contribution is -0.137. The van der Waals surface area contributed by atoms with Crippen molar-refractivity contribution < 1.29 is 18.0 Å². The smallest absolute Gasteiger partial charge is 0.322 e. The zero-order chi connectivity index (χ0) is 27.0. The zero-order valence-electron chi connectivity index (χ0n) is 21.0. The average Bonchev–Trinajstić information content (AvgIpc) is 3.50. The van der Waals surface area contributed by atoms with E-state index in [9.17, 15) is 18.0 Å². The number of hydrogen-bond acceptors (Lipinski definition) is 6. The first kappa shape index (κ1) is 25.3. The molecule has 0 bridgehead atoms. The van der Waals surface area contributed by atoms with Gasteiger partial charge in [0.15, 0.2) is 0 Å². The van der Waals surface area contributed by atoms with E-state index in [4.69, 9.17) is 0 Å². The van der Waals surface area contributed by atoms with Crippen LogP contribution in [0.4, 0.5) is 18.9 Å². The summed E-state index contributed by atoms with van der Waals surface area (Å²) >= 11 is 0. The van der Waals surface area contributed by atoms with E-state index in [1.165, 1.54) is 10.9 Å². The van der Waals surface area contributed by atoms with Crippen LogP contribution in [0.15, 0.2) is 48.9 Å². The Hall–Kier alpha value is -4.32. The molecular weight excluding hydrogens is 497 g/mol. The molecule has 0 atom stereocenters. The topological polar surface area (TPSA) is 103 Å². The number of nitrogens with zero attached hydrogens (tertiary/aromatic N) is 6. The number of amides is 1. The predicted octanol–water partition coefficient (Wildman–Crippen LogP) is 4.33. The van der Waals surface area contributed by atoms with Gasteiger partial charge in [-0.05, 0) is 62.2 Å². The molecule has 0 saturated heterocycles. The highest BCUT2D eigenvalue weighted by Crippen LogP contribution is 2.34. The Balaban J connectivity index is 1.44. The number of pyridine rings is 1. The molecular formula is C26H25F3N8O. The van der Waals surface area contributed by atoms with Crippen molar-refractivity contribution in [2.75, 3.05) is 18.4 Å². The van der Waals surface area contributed by atoms with Gasteiger partial charge in [0, 0.05) is 36.7 Å². The number of benzene rings is 1. The minimum Gasteiger partial charge on any atom is -0.322 e. The Morgan fingerprint density at radius 3 is 2.63 bits per heavy atom. The Morgan fingerprint density at radius 2 is 1.95 bits per heavy atom. The van der Waals surface area contributed by atoms with Gasteiger partial charge in [-0.25, -0.2) is 4.68 Å². The molecule has 1 amide bonds. The summed E-state index contributed by atoms with van der Waals surface area (Å²) in [5.41, 5.74) is 4.08. The van der Waals surface area contributed by atoms with Gasteiger partial charge in [0.1, 0.15) is 5.69 Å². The fourth-order valence-corrected chi connectivity index (χ4v) is 4.27. The molecule has 0 radical (unpaired) electrons. The number of aryl methyl sites for hydroxylation is 2. The van der Waals surface area contributed by atoms with Crippen LogP contribution in [0.2, 0.25) is 0 Å². The van der Waals surface area contributed by atoms with Gasteiger partial charge in [-0.1, -0.05) is 11.3 Å². The number of alkyl halides is 3. The van der Waals surface area contributed by atoms with Crippen LogP contribution < -0.4 is 10.6 Å². The molecule has 1 aliphatic rings. The minimum absolute atomic E-state index is 0.0523. The summed E-state index contributed by atoms with van der Waals surface area (Å²) < 4.78 is 44.1. The van der Waals surface area contributed by atoms with Gasteiger partial charge in [-0.15, -0.1) is 5.10 Å². The van der Waals surface area contributed by atoms with Crippen LogP contribution in [0, 0.1) is 13.8 Å². The number of carbonyl (C=O) groups is 1. The van der Waals surface area contributed by atoms with Crippen molar-refractivity contribution in [3.05, 3.63) is 77.0 Å². The second-order valence-electron chi connectivity index (χ2n) is 9.08. The maximum absolute atomic E-state index is 13.6. The van der Waals surface area contributed by atoms with E-state index >= 15 is 0 Å². The molecule has 38 heavy (non-hydrogen) atoms. The van der Waals surface area contributed by atoms with Gasteiger partial charge >= 0.3 is 6.18 Å². The summed E-state index contributed by atoms with van der Waals surface area (Å²) in [6, 6.07) is 5.19. The first-order valence-electron chi connectivity index (χ1n) is 11.9. The van der Waals surface area contributed by atoms with E-state index in [-0.39, 0.29) is 11.3 Å². The normalized spacial score (nSPS) is 13.9. The van der Waals surface area contributed by atoms with Crippen molar-refractivity contribution in [2.24, 2.45) is 7.05 Å². The molecule has 3 aromatic heterocycles. The van der Waals surface area contributed by atoms with Crippen molar-refractivity contribution in [3.8, 4) is 16.9 Å². The van der Waals surface area contributed by atoms with Crippen LogP contribution in [0.1, 0.15) is 39.3 Å². The molecule has 1 aromatic carbocycles. The van der Waals surface area contributed by atoms with Gasteiger partial charge in [-0.3, -0.25) is 14.5 Å². The van der Waals surface area contributed by atoms with Crippen LogP contribution in [0.3, 0.4) is 0 Å². The second-order valence-corrected chi connectivity index (χ2v) is 9.08. The largest absolute Gasteiger partial charge is 0.416 e. The van der Waals surface area contributed by atoms with Gasteiger partial charge in [0.05, 0.1) is 34.9 Å². The highest BCUT2D eigenvalue weighted by atomic mass is 19.4.